The Kier molecular flexibility index (Phi) is 2.83. The van der Waals surface area contributed by atoms with E-state index in [9.17, 15) is 4.79 Å². The van der Waals surface area contributed by atoms with E-state index < -0.39 is 0 Å². The second kappa shape index (κ2) is 4.14. The van der Waals surface area contributed by atoms with Gasteiger partial charge in [-0.2, -0.15) is 0 Å². The van der Waals surface area contributed by atoms with Crippen LogP contribution >= 0.6 is 15.9 Å². The highest BCUT2D eigenvalue weighted by molar-refractivity contribution is 9.10. The number of hydrogen-bond donors (Lipinski definition) is 0. The summed E-state index contributed by atoms with van der Waals surface area (Å²) in [6.07, 6.45) is 0. The molecule has 3 nitrogen and oxygen atoms in total. The molecule has 0 radical (unpaired) electrons. The van der Waals surface area contributed by atoms with Gasteiger partial charge < -0.3 is 9.15 Å². The fourth-order valence-corrected chi connectivity index (χ4v) is 1.74. The van der Waals surface area contributed by atoms with E-state index in [0.29, 0.717) is 5.58 Å². The number of ether oxygens (including phenoxy) is 1. The second-order valence-electron chi connectivity index (χ2n) is 3.25. The second-order valence-corrected chi connectivity index (χ2v) is 4.16. The molecule has 0 amide bonds. The Morgan fingerprint density at radius 1 is 1.44 bits per heavy atom. The molecule has 0 saturated carbocycles. The number of fused-ring (bicyclic) bond motifs is 1. The van der Waals surface area contributed by atoms with Crippen molar-refractivity contribution in [2.45, 2.75) is 0 Å². The summed E-state index contributed by atoms with van der Waals surface area (Å²) in [6, 6.07) is 7.20. The largest absolute Gasteiger partial charge is 0.493 e. The first kappa shape index (κ1) is 11.0. The van der Waals surface area contributed by atoms with E-state index in [1.807, 2.05) is 12.1 Å². The Labute approximate surface area is 101 Å². The molecule has 0 unspecified atom stereocenters. The summed E-state index contributed by atoms with van der Waals surface area (Å²) in [5.41, 5.74) is 0.662. The third-order valence-corrected chi connectivity index (χ3v) is 2.70. The lowest BCUT2D eigenvalue weighted by Gasteiger charge is -1.98. The van der Waals surface area contributed by atoms with E-state index >= 15 is 0 Å². The van der Waals surface area contributed by atoms with Gasteiger partial charge in [0.05, 0.1) is 7.11 Å². The molecule has 0 aliphatic rings. The molecular formula is C12H9BrO3. The fraction of sp³-hybridized carbons (Fsp3) is 0.0833. The van der Waals surface area contributed by atoms with Crippen molar-refractivity contribution in [1.82, 2.24) is 0 Å². The van der Waals surface area contributed by atoms with Crippen LogP contribution in [0.25, 0.3) is 11.0 Å². The Morgan fingerprint density at radius 2 is 2.19 bits per heavy atom. The third-order valence-electron chi connectivity index (χ3n) is 2.20. The molecule has 1 aromatic heterocycles. The third kappa shape index (κ3) is 1.88. The number of allylic oxidation sites excluding steroid dienone is 1. The van der Waals surface area contributed by atoms with Crippen molar-refractivity contribution < 1.29 is 13.9 Å². The Bertz CT molecular complexity index is 569. The van der Waals surface area contributed by atoms with Crippen LogP contribution in [0.15, 0.2) is 45.5 Å². The number of furan rings is 1. The van der Waals surface area contributed by atoms with Crippen molar-refractivity contribution in [2.24, 2.45) is 0 Å². The number of hydrogen-bond acceptors (Lipinski definition) is 3. The quantitative estimate of drug-likeness (QED) is 0.490. The van der Waals surface area contributed by atoms with Crippen LogP contribution in [0.1, 0.15) is 10.6 Å². The van der Waals surface area contributed by atoms with Gasteiger partial charge in [0.15, 0.2) is 11.5 Å². The Balaban J connectivity index is 2.47. The summed E-state index contributed by atoms with van der Waals surface area (Å²) in [7, 11) is 1.40. The van der Waals surface area contributed by atoms with Crippen LogP contribution in [-0.2, 0) is 4.74 Å². The van der Waals surface area contributed by atoms with Gasteiger partial charge in [-0.15, -0.1) is 0 Å². The number of carbonyl (C=O) groups is 1. The van der Waals surface area contributed by atoms with Crippen LogP contribution in [0.3, 0.4) is 0 Å². The monoisotopic (exact) mass is 280 g/mol. The summed E-state index contributed by atoms with van der Waals surface area (Å²) in [5, 5.41) is 0.863. The molecule has 0 spiro atoms. The van der Waals surface area contributed by atoms with Crippen LogP contribution in [0, 0.1) is 0 Å². The van der Waals surface area contributed by atoms with E-state index in [4.69, 9.17) is 9.15 Å². The highest BCUT2D eigenvalue weighted by Gasteiger charge is 2.15. The van der Waals surface area contributed by atoms with Crippen molar-refractivity contribution >= 4 is 32.7 Å². The van der Waals surface area contributed by atoms with Gasteiger partial charge in [0, 0.05) is 9.86 Å². The molecule has 2 aromatic rings. The van der Waals surface area contributed by atoms with E-state index in [-0.39, 0.29) is 17.3 Å². The van der Waals surface area contributed by atoms with Gasteiger partial charge in [-0.05, 0) is 24.3 Å². The van der Waals surface area contributed by atoms with Gasteiger partial charge >= 0.3 is 0 Å². The fourth-order valence-electron chi connectivity index (χ4n) is 1.36. The maximum Gasteiger partial charge on any atom is 0.262 e. The lowest BCUT2D eigenvalue weighted by Crippen LogP contribution is -2.01. The maximum absolute atomic E-state index is 11.7. The van der Waals surface area contributed by atoms with Gasteiger partial charge in [-0.1, -0.05) is 22.5 Å². The topological polar surface area (TPSA) is 39.4 Å². The number of rotatable bonds is 3. The van der Waals surface area contributed by atoms with Gasteiger partial charge in [-0.3, -0.25) is 4.79 Å². The molecule has 0 aliphatic heterocycles. The van der Waals surface area contributed by atoms with E-state index in [1.54, 1.807) is 12.1 Å². The first-order chi connectivity index (χ1) is 7.61. The van der Waals surface area contributed by atoms with Crippen LogP contribution in [-0.4, -0.2) is 12.9 Å². The number of methoxy groups -OCH3 is 1. The van der Waals surface area contributed by atoms with E-state index in [2.05, 4.69) is 22.5 Å². The van der Waals surface area contributed by atoms with Crippen LogP contribution in [0.4, 0.5) is 0 Å². The zero-order valence-electron chi connectivity index (χ0n) is 8.62. The zero-order valence-corrected chi connectivity index (χ0v) is 10.2. The normalized spacial score (nSPS) is 10.4. The molecule has 82 valence electrons. The molecule has 0 fully saturated rings. The molecule has 1 aromatic carbocycles. The summed E-state index contributed by atoms with van der Waals surface area (Å²) in [4.78, 5) is 11.7. The first-order valence-corrected chi connectivity index (χ1v) is 5.38. The average molecular weight is 281 g/mol. The van der Waals surface area contributed by atoms with Crippen LogP contribution in [0.2, 0.25) is 0 Å². The van der Waals surface area contributed by atoms with Gasteiger partial charge in [0.2, 0.25) is 0 Å². The number of ketones is 1. The molecule has 4 heteroatoms. The minimum absolute atomic E-state index is 0.0677. The molecule has 0 bridgehead atoms. The minimum Gasteiger partial charge on any atom is -0.493 e. The smallest absolute Gasteiger partial charge is 0.262 e. The summed E-state index contributed by atoms with van der Waals surface area (Å²) in [5.74, 6) is -0.0344. The zero-order chi connectivity index (χ0) is 11.7. The van der Waals surface area contributed by atoms with Gasteiger partial charge in [0.25, 0.3) is 5.78 Å². The molecule has 0 atom stereocenters. The van der Waals surface area contributed by atoms with E-state index in [1.165, 1.54) is 7.11 Å². The number of benzene rings is 1. The highest BCUT2D eigenvalue weighted by Crippen LogP contribution is 2.24. The number of Topliss-reactive ketones (excluding diaryl/α,β-unsaturated/α-hetero) is 1. The summed E-state index contributed by atoms with van der Waals surface area (Å²) < 4.78 is 11.1. The lowest BCUT2D eigenvalue weighted by atomic mass is 10.2. The standard InChI is InChI=1S/C12H9BrO3/c1-7(15-2)12(14)11-6-8-5-9(13)3-4-10(8)16-11/h3-6H,1H2,2H3. The number of halogens is 1. The molecule has 2 rings (SSSR count). The maximum atomic E-state index is 11.7. The predicted molar refractivity (Wildman–Crippen MR) is 64.4 cm³/mol. The van der Waals surface area contributed by atoms with Crippen molar-refractivity contribution in [3.05, 3.63) is 46.8 Å². The molecule has 0 aliphatic carbocycles. The SMILES string of the molecule is C=C(OC)C(=O)c1cc2cc(Br)ccc2o1. The molecular weight excluding hydrogens is 272 g/mol. The van der Waals surface area contributed by atoms with Crippen molar-refractivity contribution in [1.29, 1.82) is 0 Å². The minimum atomic E-state index is -0.338. The van der Waals surface area contributed by atoms with Gasteiger partial charge in [0.1, 0.15) is 5.58 Å². The van der Waals surface area contributed by atoms with Crippen LogP contribution in [0.5, 0.6) is 0 Å². The Hall–Kier alpha value is -1.55. The molecule has 1 heterocycles. The summed E-state index contributed by atoms with van der Waals surface area (Å²) >= 11 is 3.35. The summed E-state index contributed by atoms with van der Waals surface area (Å²) in [6.45, 7) is 3.50. The average Bonchev–Trinajstić information content (AvgIpc) is 2.69. The van der Waals surface area contributed by atoms with Crippen molar-refractivity contribution in [3.8, 4) is 0 Å². The van der Waals surface area contributed by atoms with Crippen LogP contribution < -0.4 is 0 Å². The molecule has 0 saturated heterocycles. The van der Waals surface area contributed by atoms with Gasteiger partial charge in [-0.25, -0.2) is 0 Å². The first-order valence-electron chi connectivity index (χ1n) is 4.58. The lowest BCUT2D eigenvalue weighted by molar-refractivity contribution is 0.0930. The van der Waals surface area contributed by atoms with E-state index in [0.717, 1.165) is 9.86 Å². The highest BCUT2D eigenvalue weighted by atomic mass is 79.9. The van der Waals surface area contributed by atoms with Crippen molar-refractivity contribution in [2.75, 3.05) is 7.11 Å². The number of carbonyl (C=O) groups excluding carboxylic acids is 1. The molecule has 0 N–H and O–H groups in total. The predicted octanol–water partition coefficient (Wildman–Crippen LogP) is 3.54. The van der Waals surface area contributed by atoms with Crippen molar-refractivity contribution in [3.63, 3.8) is 0 Å². The Morgan fingerprint density at radius 3 is 2.88 bits per heavy atom. The molecule has 16 heavy (non-hydrogen) atoms.